The van der Waals surface area contributed by atoms with Gasteiger partial charge in [0.15, 0.2) is 0 Å². The predicted molar refractivity (Wildman–Crippen MR) is 66.5 cm³/mol. The Bertz CT molecular complexity index is 528. The highest BCUT2D eigenvalue weighted by molar-refractivity contribution is 7.19. The summed E-state index contributed by atoms with van der Waals surface area (Å²) in [6.45, 7) is 0.852. The highest BCUT2D eigenvalue weighted by Crippen LogP contribution is 2.48. The SMILES string of the molecule is CNCc1sc2c(F)cccc2c1C1CC1. The first-order valence-electron chi connectivity index (χ1n) is 5.65. The lowest BCUT2D eigenvalue weighted by Gasteiger charge is -2.01. The van der Waals surface area contributed by atoms with E-state index in [1.165, 1.54) is 23.3 Å². The van der Waals surface area contributed by atoms with E-state index in [0.29, 0.717) is 5.92 Å². The summed E-state index contributed by atoms with van der Waals surface area (Å²) in [5, 5.41) is 4.31. The summed E-state index contributed by atoms with van der Waals surface area (Å²) >= 11 is 1.61. The number of benzene rings is 1. The lowest BCUT2D eigenvalue weighted by molar-refractivity contribution is 0.641. The summed E-state index contributed by atoms with van der Waals surface area (Å²) in [4.78, 5) is 1.31. The molecule has 3 heteroatoms. The van der Waals surface area contributed by atoms with Gasteiger partial charge in [-0.15, -0.1) is 11.3 Å². The Morgan fingerprint density at radius 2 is 2.25 bits per heavy atom. The zero-order chi connectivity index (χ0) is 11.1. The van der Waals surface area contributed by atoms with Crippen molar-refractivity contribution in [1.82, 2.24) is 5.32 Å². The third-order valence-electron chi connectivity index (χ3n) is 3.11. The van der Waals surface area contributed by atoms with Gasteiger partial charge in [0.1, 0.15) is 5.82 Å². The van der Waals surface area contributed by atoms with Crippen molar-refractivity contribution in [2.75, 3.05) is 7.05 Å². The molecular weight excluding hydrogens is 221 g/mol. The Balaban J connectivity index is 2.24. The summed E-state index contributed by atoms with van der Waals surface area (Å²) in [5.74, 6) is 0.602. The Morgan fingerprint density at radius 3 is 2.94 bits per heavy atom. The number of fused-ring (bicyclic) bond motifs is 1. The van der Waals surface area contributed by atoms with Crippen LogP contribution >= 0.6 is 11.3 Å². The number of nitrogens with one attached hydrogen (secondary N) is 1. The van der Waals surface area contributed by atoms with Crippen LogP contribution in [0.25, 0.3) is 10.1 Å². The molecule has 0 amide bonds. The van der Waals surface area contributed by atoms with Crippen molar-refractivity contribution >= 4 is 21.4 Å². The second-order valence-electron chi connectivity index (χ2n) is 4.36. The Hall–Kier alpha value is -0.930. The van der Waals surface area contributed by atoms with Crippen LogP contribution in [0, 0.1) is 5.82 Å². The second kappa shape index (κ2) is 3.82. The average molecular weight is 235 g/mol. The molecule has 0 spiro atoms. The molecule has 1 heterocycles. The predicted octanol–water partition coefficient (Wildman–Crippen LogP) is 3.64. The number of rotatable bonds is 3. The van der Waals surface area contributed by atoms with E-state index in [9.17, 15) is 4.39 Å². The van der Waals surface area contributed by atoms with E-state index < -0.39 is 0 Å². The molecular formula is C13H14FNS. The van der Waals surface area contributed by atoms with Crippen LogP contribution in [0.2, 0.25) is 0 Å². The second-order valence-corrected chi connectivity index (χ2v) is 5.47. The van der Waals surface area contributed by atoms with Gasteiger partial charge in [0.2, 0.25) is 0 Å². The van der Waals surface area contributed by atoms with Gasteiger partial charge in [0.05, 0.1) is 4.70 Å². The van der Waals surface area contributed by atoms with Crippen LogP contribution in [-0.2, 0) is 6.54 Å². The lowest BCUT2D eigenvalue weighted by atomic mass is 10.1. The fourth-order valence-electron chi connectivity index (χ4n) is 2.26. The van der Waals surface area contributed by atoms with Crippen molar-refractivity contribution in [3.8, 4) is 0 Å². The van der Waals surface area contributed by atoms with Crippen LogP contribution < -0.4 is 5.32 Å². The maximum atomic E-state index is 13.7. The number of halogens is 1. The zero-order valence-corrected chi connectivity index (χ0v) is 10.0. The van der Waals surface area contributed by atoms with Crippen LogP contribution in [0.5, 0.6) is 0 Å². The van der Waals surface area contributed by atoms with Crippen molar-refractivity contribution in [1.29, 1.82) is 0 Å². The number of thiophene rings is 1. The standard InChI is InChI=1S/C13H14FNS/c1-15-7-11-12(8-5-6-8)9-3-2-4-10(14)13(9)16-11/h2-4,8,15H,5-7H2,1H3. The molecule has 2 aromatic rings. The van der Waals surface area contributed by atoms with Crippen LogP contribution in [0.15, 0.2) is 18.2 Å². The van der Waals surface area contributed by atoms with Crippen LogP contribution in [-0.4, -0.2) is 7.05 Å². The molecule has 84 valence electrons. The molecule has 0 atom stereocenters. The third-order valence-corrected chi connectivity index (χ3v) is 4.34. The highest BCUT2D eigenvalue weighted by atomic mass is 32.1. The van der Waals surface area contributed by atoms with Gasteiger partial charge in [-0.05, 0) is 42.8 Å². The van der Waals surface area contributed by atoms with Gasteiger partial charge in [-0.3, -0.25) is 0 Å². The molecule has 1 nitrogen and oxygen atoms in total. The first-order chi connectivity index (χ1) is 7.81. The molecule has 1 aliphatic rings. The largest absolute Gasteiger partial charge is 0.315 e. The molecule has 0 aliphatic heterocycles. The molecule has 1 aliphatic carbocycles. The smallest absolute Gasteiger partial charge is 0.141 e. The van der Waals surface area contributed by atoms with Crippen molar-refractivity contribution in [2.24, 2.45) is 0 Å². The highest BCUT2D eigenvalue weighted by Gasteiger charge is 2.29. The van der Waals surface area contributed by atoms with Crippen molar-refractivity contribution in [3.63, 3.8) is 0 Å². The number of hydrogen-bond donors (Lipinski definition) is 1. The first-order valence-corrected chi connectivity index (χ1v) is 6.47. The maximum absolute atomic E-state index is 13.7. The van der Waals surface area contributed by atoms with Crippen molar-refractivity contribution in [3.05, 3.63) is 34.5 Å². The van der Waals surface area contributed by atoms with E-state index in [1.807, 2.05) is 13.1 Å². The van der Waals surface area contributed by atoms with E-state index in [4.69, 9.17) is 0 Å². The zero-order valence-electron chi connectivity index (χ0n) is 9.22. The van der Waals surface area contributed by atoms with Gasteiger partial charge in [-0.25, -0.2) is 4.39 Å². The Morgan fingerprint density at radius 1 is 1.44 bits per heavy atom. The minimum Gasteiger partial charge on any atom is -0.315 e. The molecule has 0 radical (unpaired) electrons. The molecule has 1 fully saturated rings. The minimum absolute atomic E-state index is 0.0771. The quantitative estimate of drug-likeness (QED) is 0.856. The summed E-state index contributed by atoms with van der Waals surface area (Å²) in [7, 11) is 1.94. The van der Waals surface area contributed by atoms with Crippen LogP contribution in [0.3, 0.4) is 0 Å². The minimum atomic E-state index is -0.0771. The van der Waals surface area contributed by atoms with E-state index >= 15 is 0 Å². The lowest BCUT2D eigenvalue weighted by Crippen LogP contribution is -2.04. The molecule has 3 rings (SSSR count). The monoisotopic (exact) mass is 235 g/mol. The normalized spacial score (nSPS) is 15.9. The van der Waals surface area contributed by atoms with Crippen molar-refractivity contribution in [2.45, 2.75) is 25.3 Å². The van der Waals surface area contributed by atoms with Gasteiger partial charge in [0.25, 0.3) is 0 Å². The fourth-order valence-corrected chi connectivity index (χ4v) is 3.57. The number of hydrogen-bond acceptors (Lipinski definition) is 2. The molecule has 0 bridgehead atoms. The molecule has 1 aromatic heterocycles. The Kier molecular flexibility index (Phi) is 2.45. The summed E-state index contributed by atoms with van der Waals surface area (Å²) in [5.41, 5.74) is 1.40. The van der Waals surface area contributed by atoms with Crippen LogP contribution in [0.4, 0.5) is 4.39 Å². The molecule has 1 saturated carbocycles. The molecule has 0 saturated heterocycles. The Labute approximate surface area is 98.3 Å². The fraction of sp³-hybridized carbons (Fsp3) is 0.385. The van der Waals surface area contributed by atoms with E-state index in [0.717, 1.165) is 16.6 Å². The maximum Gasteiger partial charge on any atom is 0.141 e. The van der Waals surface area contributed by atoms with Gasteiger partial charge in [-0.2, -0.15) is 0 Å². The van der Waals surface area contributed by atoms with Crippen LogP contribution in [0.1, 0.15) is 29.2 Å². The summed E-state index contributed by atoms with van der Waals surface area (Å²) in [6, 6.07) is 5.43. The molecule has 1 aromatic carbocycles. The van der Waals surface area contributed by atoms with E-state index in [1.54, 1.807) is 17.4 Å². The van der Waals surface area contributed by atoms with Gasteiger partial charge < -0.3 is 5.32 Å². The average Bonchev–Trinajstić information content (AvgIpc) is 3.02. The van der Waals surface area contributed by atoms with Gasteiger partial charge in [-0.1, -0.05) is 12.1 Å². The molecule has 0 unspecified atom stereocenters. The van der Waals surface area contributed by atoms with Gasteiger partial charge >= 0.3 is 0 Å². The van der Waals surface area contributed by atoms with E-state index in [-0.39, 0.29) is 5.82 Å². The molecule has 1 N–H and O–H groups in total. The third kappa shape index (κ3) is 1.55. The summed E-state index contributed by atoms with van der Waals surface area (Å²) in [6.07, 6.45) is 2.53. The van der Waals surface area contributed by atoms with E-state index in [2.05, 4.69) is 11.4 Å². The van der Waals surface area contributed by atoms with Gasteiger partial charge in [0, 0.05) is 11.4 Å². The topological polar surface area (TPSA) is 12.0 Å². The molecule has 16 heavy (non-hydrogen) atoms. The summed E-state index contributed by atoms with van der Waals surface area (Å²) < 4.78 is 14.5. The first kappa shape index (κ1) is 10.2. The van der Waals surface area contributed by atoms with Crippen molar-refractivity contribution < 1.29 is 4.39 Å².